The molecule has 0 aromatic carbocycles. The number of rotatable bonds is 6. The van der Waals surface area contributed by atoms with E-state index in [1.54, 1.807) is 0 Å². The van der Waals surface area contributed by atoms with Gasteiger partial charge in [-0.2, -0.15) is 0 Å². The minimum Gasteiger partial charge on any atom is -0.305 e. The lowest BCUT2D eigenvalue weighted by molar-refractivity contribution is 0.242. The number of nitrogens with zero attached hydrogens (tertiary/aromatic N) is 2. The van der Waals surface area contributed by atoms with Crippen molar-refractivity contribution in [2.45, 2.75) is 61.4 Å². The van der Waals surface area contributed by atoms with Crippen LogP contribution in [0.5, 0.6) is 0 Å². The van der Waals surface area contributed by atoms with Crippen LogP contribution in [0.1, 0.15) is 55.4 Å². The molecular formula is C18H40N2. The van der Waals surface area contributed by atoms with E-state index in [4.69, 9.17) is 0 Å². The van der Waals surface area contributed by atoms with Crippen LogP contribution in [-0.2, 0) is 0 Å². The van der Waals surface area contributed by atoms with Gasteiger partial charge in [0.15, 0.2) is 0 Å². The molecule has 0 saturated carbocycles. The highest BCUT2D eigenvalue weighted by atomic mass is 15.2. The maximum absolute atomic E-state index is 2.39. The summed E-state index contributed by atoms with van der Waals surface area (Å²) < 4.78 is 0. The van der Waals surface area contributed by atoms with Crippen LogP contribution < -0.4 is 0 Å². The zero-order valence-corrected chi connectivity index (χ0v) is 15.8. The normalized spacial score (nSPS) is 11.6. The zero-order valence-electron chi connectivity index (χ0n) is 15.8. The van der Waals surface area contributed by atoms with Crippen LogP contribution in [0.4, 0.5) is 0 Å². The summed E-state index contributed by atoms with van der Waals surface area (Å²) in [7, 11) is 4.35. The van der Waals surface area contributed by atoms with Crippen molar-refractivity contribution in [1.82, 2.24) is 9.80 Å². The lowest BCUT2D eigenvalue weighted by Crippen LogP contribution is -2.35. The molecule has 0 amide bonds. The molecule has 0 aliphatic heterocycles. The van der Waals surface area contributed by atoms with Gasteiger partial charge in [0.25, 0.3) is 0 Å². The smallest absolute Gasteiger partial charge is 0.0249 e. The molecule has 0 aromatic rings. The summed E-state index contributed by atoms with van der Waals surface area (Å²) in [5, 5.41) is 0. The van der Waals surface area contributed by atoms with Gasteiger partial charge in [0.1, 0.15) is 0 Å². The largest absolute Gasteiger partial charge is 0.305 e. The Kier molecular flexibility index (Phi) is 22.5. The van der Waals surface area contributed by atoms with Crippen LogP contribution in [0.25, 0.3) is 0 Å². The fourth-order valence-electron chi connectivity index (χ4n) is 1.30. The summed E-state index contributed by atoms with van der Waals surface area (Å²) >= 11 is 0. The third kappa shape index (κ3) is 19.7. The van der Waals surface area contributed by atoms with Gasteiger partial charge in [0.05, 0.1) is 0 Å². The van der Waals surface area contributed by atoms with Gasteiger partial charge in [-0.25, -0.2) is 0 Å². The molecular weight excluding hydrogens is 244 g/mol. The monoisotopic (exact) mass is 284 g/mol. The van der Waals surface area contributed by atoms with Gasteiger partial charge in [-0.3, -0.25) is 4.90 Å². The first-order valence-electron chi connectivity index (χ1n) is 8.00. The Balaban J connectivity index is -0.000000410. The average Bonchev–Trinajstić information content (AvgIpc) is 2.45. The lowest BCUT2D eigenvalue weighted by Gasteiger charge is -2.25. The molecule has 0 N–H and O–H groups in total. The summed E-state index contributed by atoms with van der Waals surface area (Å²) in [6.07, 6.45) is 6.31. The van der Waals surface area contributed by atoms with Crippen molar-refractivity contribution in [3.8, 4) is 0 Å². The Labute approximate surface area is 129 Å². The Bertz CT molecular complexity index is 224. The van der Waals surface area contributed by atoms with Crippen LogP contribution in [0.15, 0.2) is 23.8 Å². The van der Waals surface area contributed by atoms with E-state index in [1.807, 2.05) is 39.8 Å². The molecule has 2 heteroatoms. The molecule has 0 aliphatic rings. The molecule has 1 atom stereocenters. The van der Waals surface area contributed by atoms with Crippen molar-refractivity contribution in [2.75, 3.05) is 33.7 Å². The van der Waals surface area contributed by atoms with Crippen molar-refractivity contribution in [3.05, 3.63) is 23.8 Å². The average molecular weight is 285 g/mol. The molecule has 0 saturated heterocycles. The fourth-order valence-corrected chi connectivity index (χ4v) is 1.30. The second kappa shape index (κ2) is 18.4. The van der Waals surface area contributed by atoms with Gasteiger partial charge in [-0.05, 0) is 55.3 Å². The van der Waals surface area contributed by atoms with Crippen molar-refractivity contribution in [1.29, 1.82) is 0 Å². The number of likely N-dealkylation sites (N-methyl/N-ethyl adjacent to an activating group) is 2. The van der Waals surface area contributed by atoms with Gasteiger partial charge in [-0.1, -0.05) is 44.6 Å². The number of allylic oxidation sites excluding steroid dienone is 3. The molecule has 0 spiro atoms. The third-order valence-electron chi connectivity index (χ3n) is 2.98. The van der Waals surface area contributed by atoms with E-state index < -0.39 is 0 Å². The predicted octanol–water partition coefficient (Wildman–Crippen LogP) is 4.83. The predicted molar refractivity (Wildman–Crippen MR) is 96.5 cm³/mol. The van der Waals surface area contributed by atoms with E-state index >= 15 is 0 Å². The highest BCUT2D eigenvalue weighted by Gasteiger charge is 2.06. The van der Waals surface area contributed by atoms with Crippen LogP contribution in [0.3, 0.4) is 0 Å². The van der Waals surface area contributed by atoms with Gasteiger partial charge < -0.3 is 4.90 Å². The highest BCUT2D eigenvalue weighted by Crippen LogP contribution is 2.01. The SMILES string of the molecule is C/C=C\C.CC.CCN(C)CCN(C)C(C)C=C(C)C. The molecule has 1 unspecified atom stereocenters. The highest BCUT2D eigenvalue weighted by molar-refractivity contribution is 4.99. The standard InChI is InChI=1S/C12H26N2.C4H8.C2H6/c1-7-13(5)8-9-14(6)12(4)10-11(2)3;1-3-4-2;1-2/h10,12H,7-9H2,1-6H3;3-4H,1-2H3;1-2H3/b;4-3-;. The zero-order chi connectivity index (χ0) is 16.6. The molecule has 2 nitrogen and oxygen atoms in total. The van der Waals surface area contributed by atoms with Gasteiger partial charge in [0, 0.05) is 19.1 Å². The first-order valence-corrected chi connectivity index (χ1v) is 8.00. The van der Waals surface area contributed by atoms with Crippen molar-refractivity contribution in [3.63, 3.8) is 0 Å². The summed E-state index contributed by atoms with van der Waals surface area (Å²) in [6.45, 7) is 20.2. The van der Waals surface area contributed by atoms with Crippen LogP contribution in [0.2, 0.25) is 0 Å². The Hall–Kier alpha value is -0.600. The summed E-state index contributed by atoms with van der Waals surface area (Å²) in [5.74, 6) is 0. The Morgan fingerprint density at radius 3 is 1.75 bits per heavy atom. The molecule has 0 fully saturated rings. The van der Waals surface area contributed by atoms with Crippen molar-refractivity contribution in [2.24, 2.45) is 0 Å². The molecule has 0 bridgehead atoms. The van der Waals surface area contributed by atoms with Gasteiger partial charge >= 0.3 is 0 Å². The van der Waals surface area contributed by atoms with E-state index in [9.17, 15) is 0 Å². The number of hydrogen-bond donors (Lipinski definition) is 0. The second-order valence-electron chi connectivity index (χ2n) is 5.03. The first kappa shape index (κ1) is 24.4. The second-order valence-corrected chi connectivity index (χ2v) is 5.03. The molecule has 0 radical (unpaired) electrons. The van der Waals surface area contributed by atoms with Gasteiger partial charge in [-0.15, -0.1) is 0 Å². The van der Waals surface area contributed by atoms with Crippen LogP contribution in [-0.4, -0.2) is 49.6 Å². The summed E-state index contributed by atoms with van der Waals surface area (Å²) in [4.78, 5) is 4.73. The Morgan fingerprint density at radius 1 is 1.00 bits per heavy atom. The summed E-state index contributed by atoms with van der Waals surface area (Å²) in [6, 6.07) is 0.547. The van der Waals surface area contributed by atoms with E-state index in [0.29, 0.717) is 6.04 Å². The van der Waals surface area contributed by atoms with E-state index in [0.717, 1.165) is 19.6 Å². The molecule has 0 aromatic heterocycles. The maximum atomic E-state index is 2.39. The van der Waals surface area contributed by atoms with Crippen LogP contribution in [0, 0.1) is 0 Å². The van der Waals surface area contributed by atoms with E-state index in [-0.39, 0.29) is 0 Å². The minimum absolute atomic E-state index is 0.547. The topological polar surface area (TPSA) is 6.48 Å². The fraction of sp³-hybridized carbons (Fsp3) is 0.778. The molecule has 122 valence electrons. The maximum Gasteiger partial charge on any atom is 0.0249 e. The Morgan fingerprint density at radius 2 is 1.45 bits per heavy atom. The molecule has 0 rings (SSSR count). The lowest BCUT2D eigenvalue weighted by atomic mass is 10.2. The third-order valence-corrected chi connectivity index (χ3v) is 2.98. The van der Waals surface area contributed by atoms with E-state index in [1.165, 1.54) is 5.57 Å². The van der Waals surface area contributed by atoms with Gasteiger partial charge in [0.2, 0.25) is 0 Å². The van der Waals surface area contributed by atoms with E-state index in [2.05, 4.69) is 57.7 Å². The van der Waals surface area contributed by atoms with Crippen LogP contribution >= 0.6 is 0 Å². The quantitative estimate of drug-likeness (QED) is 0.644. The molecule has 0 aliphatic carbocycles. The van der Waals surface area contributed by atoms with Crippen molar-refractivity contribution >= 4 is 0 Å². The van der Waals surface area contributed by atoms with Crippen molar-refractivity contribution < 1.29 is 0 Å². The summed E-state index contributed by atoms with van der Waals surface area (Å²) in [5.41, 5.74) is 1.40. The molecule has 20 heavy (non-hydrogen) atoms. The minimum atomic E-state index is 0.547. The number of hydrogen-bond acceptors (Lipinski definition) is 2. The molecule has 0 heterocycles. The first-order chi connectivity index (χ1) is 9.38.